The zero-order valence-corrected chi connectivity index (χ0v) is 12.4. The Kier molecular flexibility index (Phi) is 5.48. The van der Waals surface area contributed by atoms with Crippen LogP contribution in [-0.4, -0.2) is 18.4 Å². The molecule has 0 radical (unpaired) electrons. The van der Waals surface area contributed by atoms with Crippen LogP contribution in [0.15, 0.2) is 42.5 Å². The second kappa shape index (κ2) is 7.55. The second-order valence-corrected chi connectivity index (χ2v) is 4.81. The van der Waals surface area contributed by atoms with Gasteiger partial charge in [0, 0.05) is 5.02 Å². The number of hydrazine groups is 1. The summed E-state index contributed by atoms with van der Waals surface area (Å²) in [5.74, 6) is -2.46. The molecule has 23 heavy (non-hydrogen) atoms. The number of carbonyl (C=O) groups excluding carboxylic acids is 2. The number of carbonyl (C=O) groups is 2. The molecule has 0 aromatic heterocycles. The maximum atomic E-state index is 13.5. The summed E-state index contributed by atoms with van der Waals surface area (Å²) in [7, 11) is 0. The number of hydrogen-bond acceptors (Lipinski definition) is 3. The molecule has 0 saturated carbocycles. The number of benzene rings is 2. The van der Waals surface area contributed by atoms with E-state index in [0.717, 1.165) is 12.1 Å². The van der Waals surface area contributed by atoms with E-state index in [0.29, 0.717) is 0 Å². The molecule has 2 aromatic rings. The fraction of sp³-hybridized carbons (Fsp3) is 0.0667. The molecule has 0 aliphatic heterocycles. The highest BCUT2D eigenvalue weighted by Crippen LogP contribution is 2.14. The van der Waals surface area contributed by atoms with Gasteiger partial charge in [-0.25, -0.2) is 8.78 Å². The van der Waals surface area contributed by atoms with Crippen molar-refractivity contribution >= 4 is 23.4 Å². The van der Waals surface area contributed by atoms with Gasteiger partial charge < -0.3 is 4.74 Å². The first kappa shape index (κ1) is 16.7. The third kappa shape index (κ3) is 4.93. The quantitative estimate of drug-likeness (QED) is 0.840. The molecule has 0 aliphatic rings. The van der Waals surface area contributed by atoms with Crippen molar-refractivity contribution in [3.8, 4) is 5.75 Å². The minimum Gasteiger partial charge on any atom is -0.484 e. The van der Waals surface area contributed by atoms with Gasteiger partial charge in [-0.1, -0.05) is 11.6 Å². The molecule has 0 unspecified atom stereocenters. The number of rotatable bonds is 4. The van der Waals surface area contributed by atoms with Crippen molar-refractivity contribution in [2.75, 3.05) is 6.61 Å². The van der Waals surface area contributed by atoms with Crippen LogP contribution < -0.4 is 15.6 Å². The molecular weight excluding hydrogens is 330 g/mol. The van der Waals surface area contributed by atoms with Crippen molar-refractivity contribution in [1.29, 1.82) is 0 Å². The first-order valence-corrected chi connectivity index (χ1v) is 6.76. The topological polar surface area (TPSA) is 67.4 Å². The Hall–Kier alpha value is -2.67. The van der Waals surface area contributed by atoms with Crippen LogP contribution in [-0.2, 0) is 4.79 Å². The number of halogens is 3. The Labute approximate surface area is 135 Å². The molecular formula is C15H11ClF2N2O3. The summed E-state index contributed by atoms with van der Waals surface area (Å²) in [6, 6.07) is 8.52. The van der Waals surface area contributed by atoms with Gasteiger partial charge in [-0.05, 0) is 42.5 Å². The minimum atomic E-state index is -0.861. The van der Waals surface area contributed by atoms with Crippen molar-refractivity contribution in [2.24, 2.45) is 0 Å². The number of hydrogen-bond donors (Lipinski definition) is 2. The van der Waals surface area contributed by atoms with E-state index in [-0.39, 0.29) is 16.3 Å². The summed E-state index contributed by atoms with van der Waals surface area (Å²) in [5, 5.41) is 0.183. The molecule has 8 heteroatoms. The number of ether oxygens (including phenoxy) is 1. The molecule has 5 nitrogen and oxygen atoms in total. The van der Waals surface area contributed by atoms with Gasteiger partial charge in [-0.2, -0.15) is 0 Å². The van der Waals surface area contributed by atoms with Crippen LogP contribution >= 0.6 is 11.6 Å². The molecule has 2 aromatic carbocycles. The summed E-state index contributed by atoms with van der Waals surface area (Å²) in [4.78, 5) is 23.3. The van der Waals surface area contributed by atoms with E-state index in [4.69, 9.17) is 16.3 Å². The van der Waals surface area contributed by atoms with E-state index in [9.17, 15) is 18.4 Å². The van der Waals surface area contributed by atoms with Crippen molar-refractivity contribution in [2.45, 2.75) is 0 Å². The summed E-state index contributed by atoms with van der Waals surface area (Å²) < 4.78 is 31.2. The second-order valence-electron chi connectivity index (χ2n) is 4.37. The van der Waals surface area contributed by atoms with E-state index in [1.807, 2.05) is 5.43 Å². The molecule has 2 rings (SSSR count). The standard InChI is InChI=1S/C15H11ClF2N2O3/c16-9-1-6-13(18)12(7-9)15(22)20-19-14(21)8-23-11-4-2-10(17)3-5-11/h1-7H,8H2,(H,19,21)(H,20,22). The van der Waals surface area contributed by atoms with Gasteiger partial charge in [-0.3, -0.25) is 20.4 Å². The Bertz CT molecular complexity index is 723. The van der Waals surface area contributed by atoms with Crippen molar-refractivity contribution in [3.05, 3.63) is 64.7 Å². The maximum Gasteiger partial charge on any atom is 0.276 e. The molecule has 0 saturated heterocycles. The minimum absolute atomic E-state index is 0.183. The van der Waals surface area contributed by atoms with Crippen LogP contribution in [0.1, 0.15) is 10.4 Å². The summed E-state index contributed by atoms with van der Waals surface area (Å²) in [6.45, 7) is -0.413. The fourth-order valence-corrected chi connectivity index (χ4v) is 1.75. The predicted molar refractivity (Wildman–Crippen MR) is 78.9 cm³/mol. The third-order valence-electron chi connectivity index (χ3n) is 2.67. The average molecular weight is 341 g/mol. The fourth-order valence-electron chi connectivity index (χ4n) is 1.58. The lowest BCUT2D eigenvalue weighted by atomic mass is 10.2. The molecule has 2 amide bonds. The van der Waals surface area contributed by atoms with E-state index in [1.165, 1.54) is 30.3 Å². The molecule has 0 heterocycles. The zero-order chi connectivity index (χ0) is 16.8. The van der Waals surface area contributed by atoms with Gasteiger partial charge in [0.1, 0.15) is 17.4 Å². The highest BCUT2D eigenvalue weighted by Gasteiger charge is 2.13. The largest absolute Gasteiger partial charge is 0.484 e. The SMILES string of the molecule is O=C(COc1ccc(F)cc1)NNC(=O)c1cc(Cl)ccc1F. The van der Waals surface area contributed by atoms with Gasteiger partial charge in [0.05, 0.1) is 5.56 Å². The lowest BCUT2D eigenvalue weighted by Crippen LogP contribution is -2.44. The van der Waals surface area contributed by atoms with Crippen molar-refractivity contribution in [3.63, 3.8) is 0 Å². The summed E-state index contributed by atoms with van der Waals surface area (Å²) in [5.41, 5.74) is 3.79. The number of amides is 2. The maximum absolute atomic E-state index is 13.5. The highest BCUT2D eigenvalue weighted by molar-refractivity contribution is 6.31. The van der Waals surface area contributed by atoms with Crippen LogP contribution in [0.25, 0.3) is 0 Å². The Morgan fingerprint density at radius 1 is 1.04 bits per heavy atom. The Balaban J connectivity index is 1.83. The monoisotopic (exact) mass is 340 g/mol. The van der Waals surface area contributed by atoms with Crippen molar-refractivity contribution in [1.82, 2.24) is 10.9 Å². The lowest BCUT2D eigenvalue weighted by Gasteiger charge is -2.09. The van der Waals surface area contributed by atoms with Gasteiger partial charge in [0.15, 0.2) is 6.61 Å². The lowest BCUT2D eigenvalue weighted by molar-refractivity contribution is -0.123. The first-order valence-electron chi connectivity index (χ1n) is 6.38. The molecule has 0 bridgehead atoms. The normalized spacial score (nSPS) is 10.0. The molecule has 0 spiro atoms. The molecule has 2 N–H and O–H groups in total. The van der Waals surface area contributed by atoms with E-state index < -0.39 is 30.1 Å². The Morgan fingerprint density at radius 3 is 2.43 bits per heavy atom. The predicted octanol–water partition coefficient (Wildman–Crippen LogP) is 2.46. The van der Waals surface area contributed by atoms with Crippen LogP contribution in [0.4, 0.5) is 8.78 Å². The molecule has 0 atom stereocenters. The van der Waals surface area contributed by atoms with Gasteiger partial charge in [0.25, 0.3) is 11.8 Å². The van der Waals surface area contributed by atoms with E-state index in [1.54, 1.807) is 0 Å². The summed E-state index contributed by atoms with van der Waals surface area (Å²) in [6.07, 6.45) is 0. The van der Waals surface area contributed by atoms with E-state index >= 15 is 0 Å². The molecule has 120 valence electrons. The highest BCUT2D eigenvalue weighted by atomic mass is 35.5. The van der Waals surface area contributed by atoms with Gasteiger partial charge in [-0.15, -0.1) is 0 Å². The smallest absolute Gasteiger partial charge is 0.276 e. The van der Waals surface area contributed by atoms with Crippen LogP contribution in [0, 0.1) is 11.6 Å². The van der Waals surface area contributed by atoms with Gasteiger partial charge in [0.2, 0.25) is 0 Å². The summed E-state index contributed by atoms with van der Waals surface area (Å²) >= 11 is 5.67. The first-order chi connectivity index (χ1) is 11.0. The third-order valence-corrected chi connectivity index (χ3v) is 2.91. The molecule has 0 fully saturated rings. The van der Waals surface area contributed by atoms with E-state index in [2.05, 4.69) is 5.43 Å². The van der Waals surface area contributed by atoms with Crippen LogP contribution in [0.5, 0.6) is 5.75 Å². The van der Waals surface area contributed by atoms with Crippen LogP contribution in [0.2, 0.25) is 5.02 Å². The number of nitrogens with one attached hydrogen (secondary N) is 2. The zero-order valence-electron chi connectivity index (χ0n) is 11.6. The van der Waals surface area contributed by atoms with Crippen LogP contribution in [0.3, 0.4) is 0 Å². The van der Waals surface area contributed by atoms with Gasteiger partial charge >= 0.3 is 0 Å². The average Bonchev–Trinajstić information content (AvgIpc) is 2.54. The van der Waals surface area contributed by atoms with Crippen molar-refractivity contribution < 1.29 is 23.1 Å². The molecule has 0 aliphatic carbocycles. The Morgan fingerprint density at radius 2 is 1.74 bits per heavy atom.